The number of hydrogen-bond donors (Lipinski definition) is 3. The van der Waals surface area contributed by atoms with Crippen molar-refractivity contribution in [1.82, 2.24) is 4.98 Å². The molecule has 0 spiro atoms. The third-order valence-corrected chi connectivity index (χ3v) is 5.49. The van der Waals surface area contributed by atoms with Gasteiger partial charge in [0.25, 0.3) is 5.91 Å². The van der Waals surface area contributed by atoms with Crippen LogP contribution in [0.4, 0.5) is 27.1 Å². The van der Waals surface area contributed by atoms with Gasteiger partial charge in [-0.25, -0.2) is 4.39 Å². The van der Waals surface area contributed by atoms with Gasteiger partial charge in [-0.1, -0.05) is 6.08 Å². The first-order valence-corrected chi connectivity index (χ1v) is 11.4. The van der Waals surface area contributed by atoms with Gasteiger partial charge in [0, 0.05) is 51.3 Å². The number of pyridine rings is 1. The zero-order valence-corrected chi connectivity index (χ0v) is 20.0. The summed E-state index contributed by atoms with van der Waals surface area (Å²) >= 11 is 0. The minimum atomic E-state index is -0.325. The highest BCUT2D eigenvalue weighted by atomic mass is 19.1. The largest absolute Gasteiger partial charge is 0.356 e. The summed E-state index contributed by atoms with van der Waals surface area (Å²) in [6.45, 7) is 7.34. The number of halogens is 1. The standard InChI is InChI=1S/C29H26FN5O/c1-4-22(17-19(2)31-3)33-23-10-12-25(13-11-23)35-29(36)20-5-8-24(9-6-20)34-28-15-16-32-27-14-7-21(30)18-26(27)28/h4-18,33H,3H2,1-2H3,(H,32,34)(H,35,36)/b19-17-,22-4+. The molecule has 0 unspecified atom stereocenters. The molecule has 1 heterocycles. The van der Waals surface area contributed by atoms with Gasteiger partial charge in [0.05, 0.1) is 5.52 Å². The van der Waals surface area contributed by atoms with E-state index in [0.29, 0.717) is 22.2 Å². The molecule has 0 radical (unpaired) electrons. The van der Waals surface area contributed by atoms with Crippen LogP contribution in [0.5, 0.6) is 0 Å². The molecule has 1 aromatic heterocycles. The molecule has 6 nitrogen and oxygen atoms in total. The van der Waals surface area contributed by atoms with Gasteiger partial charge in [0.15, 0.2) is 0 Å². The molecule has 180 valence electrons. The number of fused-ring (bicyclic) bond motifs is 1. The van der Waals surface area contributed by atoms with Crippen LogP contribution in [0.3, 0.4) is 0 Å². The van der Waals surface area contributed by atoms with Crippen molar-refractivity contribution in [3.8, 4) is 0 Å². The maximum Gasteiger partial charge on any atom is 0.255 e. The number of carbonyl (C=O) groups is 1. The summed E-state index contributed by atoms with van der Waals surface area (Å²) in [6.07, 6.45) is 5.51. The van der Waals surface area contributed by atoms with Gasteiger partial charge in [-0.2, -0.15) is 0 Å². The molecule has 0 bridgehead atoms. The number of anilines is 4. The fourth-order valence-electron chi connectivity index (χ4n) is 3.56. The monoisotopic (exact) mass is 479 g/mol. The first-order valence-electron chi connectivity index (χ1n) is 11.4. The van der Waals surface area contributed by atoms with Crippen LogP contribution in [0, 0.1) is 5.82 Å². The first-order chi connectivity index (χ1) is 17.4. The topological polar surface area (TPSA) is 78.4 Å². The number of amides is 1. The van der Waals surface area contributed by atoms with E-state index in [4.69, 9.17) is 0 Å². The zero-order chi connectivity index (χ0) is 25.5. The molecule has 0 saturated heterocycles. The van der Waals surface area contributed by atoms with Crippen LogP contribution >= 0.6 is 0 Å². The second kappa shape index (κ2) is 11.1. The minimum Gasteiger partial charge on any atom is -0.356 e. The Morgan fingerprint density at radius 2 is 1.61 bits per heavy atom. The molecule has 0 aliphatic rings. The van der Waals surface area contributed by atoms with E-state index < -0.39 is 0 Å². The summed E-state index contributed by atoms with van der Waals surface area (Å²) in [7, 11) is 0. The first kappa shape index (κ1) is 24.3. The molecular formula is C29H26FN5O. The minimum absolute atomic E-state index is 0.219. The van der Waals surface area contributed by atoms with E-state index in [-0.39, 0.29) is 11.7 Å². The molecule has 1 amide bonds. The number of hydrogen-bond acceptors (Lipinski definition) is 5. The average molecular weight is 480 g/mol. The van der Waals surface area contributed by atoms with Crippen LogP contribution < -0.4 is 16.0 Å². The van der Waals surface area contributed by atoms with Crippen LogP contribution in [0.1, 0.15) is 24.2 Å². The van der Waals surface area contributed by atoms with Crippen molar-refractivity contribution in [2.24, 2.45) is 4.99 Å². The van der Waals surface area contributed by atoms with Gasteiger partial charge in [-0.15, -0.1) is 0 Å². The van der Waals surface area contributed by atoms with Crippen molar-refractivity contribution >= 4 is 46.3 Å². The molecular weight excluding hydrogens is 453 g/mol. The molecule has 4 aromatic rings. The van der Waals surface area contributed by atoms with Crippen molar-refractivity contribution in [3.63, 3.8) is 0 Å². The molecule has 3 N–H and O–H groups in total. The summed E-state index contributed by atoms with van der Waals surface area (Å²) in [5.74, 6) is -0.544. The average Bonchev–Trinajstić information content (AvgIpc) is 2.90. The Morgan fingerprint density at radius 1 is 0.944 bits per heavy atom. The molecule has 7 heteroatoms. The predicted octanol–water partition coefficient (Wildman–Crippen LogP) is 7.29. The quantitative estimate of drug-likeness (QED) is 0.183. The number of nitrogens with zero attached hydrogens (tertiary/aromatic N) is 2. The second-order valence-corrected chi connectivity index (χ2v) is 8.07. The van der Waals surface area contributed by atoms with E-state index in [0.717, 1.165) is 28.5 Å². The van der Waals surface area contributed by atoms with E-state index in [2.05, 4.69) is 32.6 Å². The van der Waals surface area contributed by atoms with Gasteiger partial charge >= 0.3 is 0 Å². The van der Waals surface area contributed by atoms with Crippen LogP contribution in [-0.2, 0) is 0 Å². The number of benzene rings is 3. The third-order valence-electron chi connectivity index (χ3n) is 5.49. The Morgan fingerprint density at radius 3 is 2.28 bits per heavy atom. The smallest absolute Gasteiger partial charge is 0.255 e. The molecule has 36 heavy (non-hydrogen) atoms. The van der Waals surface area contributed by atoms with Crippen molar-refractivity contribution < 1.29 is 9.18 Å². The van der Waals surface area contributed by atoms with Crippen LogP contribution in [-0.4, -0.2) is 17.6 Å². The molecule has 4 rings (SSSR count). The number of aromatic nitrogens is 1. The van der Waals surface area contributed by atoms with Gasteiger partial charge < -0.3 is 16.0 Å². The predicted molar refractivity (Wildman–Crippen MR) is 147 cm³/mol. The van der Waals surface area contributed by atoms with Crippen LogP contribution in [0.2, 0.25) is 0 Å². The highest BCUT2D eigenvalue weighted by Gasteiger charge is 2.08. The van der Waals surface area contributed by atoms with Crippen molar-refractivity contribution in [3.05, 3.63) is 114 Å². The van der Waals surface area contributed by atoms with Gasteiger partial charge in [0.1, 0.15) is 5.82 Å². The van der Waals surface area contributed by atoms with E-state index in [1.807, 2.05) is 50.3 Å². The van der Waals surface area contributed by atoms with Crippen molar-refractivity contribution in [2.75, 3.05) is 16.0 Å². The summed E-state index contributed by atoms with van der Waals surface area (Å²) in [6, 6.07) is 20.8. The normalized spacial score (nSPS) is 11.8. The van der Waals surface area contributed by atoms with E-state index in [9.17, 15) is 9.18 Å². The summed E-state index contributed by atoms with van der Waals surface area (Å²) in [5.41, 5.74) is 5.99. The van der Waals surface area contributed by atoms with Gasteiger partial charge in [-0.05, 0) is 99.4 Å². The second-order valence-electron chi connectivity index (χ2n) is 8.07. The van der Waals surface area contributed by atoms with Gasteiger partial charge in [-0.3, -0.25) is 14.8 Å². The Balaban J connectivity index is 1.40. The van der Waals surface area contributed by atoms with Crippen LogP contribution in [0.15, 0.2) is 108 Å². The lowest BCUT2D eigenvalue weighted by Crippen LogP contribution is -2.11. The van der Waals surface area contributed by atoms with Crippen LogP contribution in [0.25, 0.3) is 10.9 Å². The molecule has 0 fully saturated rings. The Labute approximate surface area is 209 Å². The number of carbonyl (C=O) groups excluding carboxylic acids is 1. The highest BCUT2D eigenvalue weighted by Crippen LogP contribution is 2.26. The third kappa shape index (κ3) is 6.01. The summed E-state index contributed by atoms with van der Waals surface area (Å²) in [5, 5.41) is 10.2. The maximum absolute atomic E-state index is 13.7. The lowest BCUT2D eigenvalue weighted by atomic mass is 10.1. The SMILES string of the molecule is C=N/C(C)=C\C(=C/C)Nc1ccc(NC(=O)c2ccc(Nc3ccnc4ccc(F)cc34)cc2)cc1. The maximum atomic E-state index is 13.7. The van der Waals surface area contributed by atoms with E-state index >= 15 is 0 Å². The highest BCUT2D eigenvalue weighted by molar-refractivity contribution is 6.04. The number of allylic oxidation sites excluding steroid dienone is 3. The molecule has 3 aromatic carbocycles. The van der Waals surface area contributed by atoms with E-state index in [1.54, 1.807) is 42.6 Å². The number of rotatable bonds is 8. The lowest BCUT2D eigenvalue weighted by molar-refractivity contribution is 0.102. The zero-order valence-electron chi connectivity index (χ0n) is 20.0. The Hall–Kier alpha value is -4.78. The van der Waals surface area contributed by atoms with Crippen molar-refractivity contribution in [2.45, 2.75) is 13.8 Å². The lowest BCUT2D eigenvalue weighted by Gasteiger charge is -2.11. The van der Waals surface area contributed by atoms with Gasteiger partial charge in [0.2, 0.25) is 0 Å². The Kier molecular flexibility index (Phi) is 7.51. The molecule has 0 aliphatic heterocycles. The number of nitrogens with one attached hydrogen (secondary N) is 3. The van der Waals surface area contributed by atoms with Crippen molar-refractivity contribution in [1.29, 1.82) is 0 Å². The number of aliphatic imine (C=N–C) groups is 1. The fraction of sp³-hybridized carbons (Fsp3) is 0.0690. The Bertz CT molecular complexity index is 1460. The molecule has 0 saturated carbocycles. The summed E-state index contributed by atoms with van der Waals surface area (Å²) < 4.78 is 13.7. The molecule has 0 aliphatic carbocycles. The van der Waals surface area contributed by atoms with E-state index in [1.165, 1.54) is 12.1 Å². The fourth-order valence-corrected chi connectivity index (χ4v) is 3.56. The summed E-state index contributed by atoms with van der Waals surface area (Å²) in [4.78, 5) is 20.9. The molecule has 0 atom stereocenters.